The monoisotopic (exact) mass is 435 g/mol. The molecule has 8 heteroatoms. The number of amides is 1. The van der Waals surface area contributed by atoms with Gasteiger partial charge in [-0.2, -0.15) is 8.42 Å². The van der Waals surface area contributed by atoms with Crippen LogP contribution < -0.4 is 5.32 Å². The summed E-state index contributed by atoms with van der Waals surface area (Å²) in [7, 11) is -4.44. The second-order valence-electron chi connectivity index (χ2n) is 8.10. The van der Waals surface area contributed by atoms with Gasteiger partial charge in [-0.25, -0.2) is 4.79 Å². The van der Waals surface area contributed by atoms with E-state index in [1.54, 1.807) is 32.9 Å². The van der Waals surface area contributed by atoms with Gasteiger partial charge in [-0.1, -0.05) is 48.0 Å². The van der Waals surface area contributed by atoms with E-state index >= 15 is 0 Å². The van der Waals surface area contributed by atoms with Crippen molar-refractivity contribution in [2.45, 2.75) is 50.7 Å². The molecule has 2 aromatic carbocycles. The van der Waals surface area contributed by atoms with Crippen molar-refractivity contribution in [3.05, 3.63) is 65.2 Å². The van der Waals surface area contributed by atoms with E-state index in [0.29, 0.717) is 12.2 Å². The molecule has 1 unspecified atom stereocenters. The standard InChI is InChI=1S/C22H29NO6S/c1-16-10-11-20(30(25,26)27)19(12-16)18(13-23-21(24)29-22(2,3)4)15-28-14-17-8-6-5-7-9-17/h5-12,18H,13-15H2,1-4H3,(H,23,24)(H,25,26,27). The van der Waals surface area contributed by atoms with Gasteiger partial charge in [0.2, 0.25) is 0 Å². The summed E-state index contributed by atoms with van der Waals surface area (Å²) in [6.07, 6.45) is -0.614. The van der Waals surface area contributed by atoms with Crippen LogP contribution in [-0.4, -0.2) is 37.8 Å². The molecule has 0 fully saturated rings. The van der Waals surface area contributed by atoms with E-state index in [1.165, 1.54) is 6.07 Å². The van der Waals surface area contributed by atoms with E-state index in [-0.39, 0.29) is 18.0 Å². The van der Waals surface area contributed by atoms with Gasteiger partial charge in [-0.3, -0.25) is 4.55 Å². The predicted octanol–water partition coefficient (Wildman–Crippen LogP) is 4.07. The number of carbonyl (C=O) groups is 1. The second kappa shape index (κ2) is 10.1. The molecule has 0 aliphatic rings. The molecular formula is C22H29NO6S. The third-order valence-corrected chi connectivity index (χ3v) is 5.13. The smallest absolute Gasteiger partial charge is 0.407 e. The van der Waals surface area contributed by atoms with Crippen LogP contribution in [0.1, 0.15) is 43.4 Å². The fourth-order valence-corrected chi connectivity index (χ4v) is 3.66. The minimum Gasteiger partial charge on any atom is -0.444 e. The third-order valence-electron chi connectivity index (χ3n) is 4.21. The Labute approximate surface area is 178 Å². The summed E-state index contributed by atoms with van der Waals surface area (Å²) < 4.78 is 44.5. The van der Waals surface area contributed by atoms with E-state index in [9.17, 15) is 17.8 Å². The molecule has 0 spiro atoms. The maximum absolute atomic E-state index is 12.1. The number of benzene rings is 2. The fourth-order valence-electron chi connectivity index (χ4n) is 2.89. The Hall–Kier alpha value is -2.42. The average Bonchev–Trinajstić information content (AvgIpc) is 2.63. The van der Waals surface area contributed by atoms with E-state index in [0.717, 1.165) is 11.1 Å². The topological polar surface area (TPSA) is 102 Å². The molecule has 2 rings (SSSR count). The number of hydrogen-bond acceptors (Lipinski definition) is 5. The normalized spacial score (nSPS) is 13.0. The van der Waals surface area contributed by atoms with Gasteiger partial charge in [-0.05, 0) is 44.9 Å². The number of carbonyl (C=O) groups excluding carboxylic acids is 1. The van der Waals surface area contributed by atoms with Crippen molar-refractivity contribution in [2.75, 3.05) is 13.2 Å². The van der Waals surface area contributed by atoms with Crippen molar-refractivity contribution in [1.82, 2.24) is 5.32 Å². The lowest BCUT2D eigenvalue weighted by Gasteiger charge is -2.23. The lowest BCUT2D eigenvalue weighted by atomic mass is 9.98. The summed E-state index contributed by atoms with van der Waals surface area (Å²) in [5.41, 5.74) is 1.51. The van der Waals surface area contributed by atoms with E-state index in [2.05, 4.69) is 5.32 Å². The highest BCUT2D eigenvalue weighted by molar-refractivity contribution is 7.85. The number of aryl methyl sites for hydroxylation is 1. The van der Waals surface area contributed by atoms with E-state index in [1.807, 2.05) is 37.3 Å². The molecule has 0 aliphatic heterocycles. The molecule has 0 radical (unpaired) electrons. The number of hydrogen-bond donors (Lipinski definition) is 2. The first kappa shape index (κ1) is 23.9. The van der Waals surface area contributed by atoms with Crippen molar-refractivity contribution >= 4 is 16.2 Å². The minimum atomic E-state index is -4.44. The lowest BCUT2D eigenvalue weighted by molar-refractivity contribution is 0.0508. The zero-order valence-electron chi connectivity index (χ0n) is 17.7. The minimum absolute atomic E-state index is 0.0790. The summed E-state index contributed by atoms with van der Waals surface area (Å²) in [6, 6.07) is 14.2. The van der Waals surface area contributed by atoms with Crippen LogP contribution in [0.5, 0.6) is 0 Å². The molecule has 1 amide bonds. The molecule has 0 aromatic heterocycles. The fraction of sp³-hybridized carbons (Fsp3) is 0.409. The molecule has 1 atom stereocenters. The predicted molar refractivity (Wildman–Crippen MR) is 114 cm³/mol. The van der Waals surface area contributed by atoms with Crippen LogP contribution >= 0.6 is 0 Å². The zero-order valence-corrected chi connectivity index (χ0v) is 18.5. The van der Waals surface area contributed by atoms with Crippen LogP contribution in [0, 0.1) is 6.92 Å². The Bertz CT molecular complexity index is 951. The molecule has 0 saturated carbocycles. The molecule has 0 aliphatic carbocycles. The van der Waals surface area contributed by atoms with Gasteiger partial charge in [0.25, 0.3) is 10.1 Å². The van der Waals surface area contributed by atoms with Crippen molar-refractivity contribution in [1.29, 1.82) is 0 Å². The Morgan fingerprint density at radius 3 is 2.40 bits per heavy atom. The largest absolute Gasteiger partial charge is 0.444 e. The van der Waals surface area contributed by atoms with Crippen LogP contribution in [0.25, 0.3) is 0 Å². The summed E-state index contributed by atoms with van der Waals surface area (Å²) in [4.78, 5) is 11.9. The Kier molecular flexibility index (Phi) is 8.00. The van der Waals surface area contributed by atoms with Crippen molar-refractivity contribution in [3.8, 4) is 0 Å². The number of rotatable bonds is 8. The first-order valence-corrected chi connectivity index (χ1v) is 11.1. The quantitative estimate of drug-likeness (QED) is 0.606. The maximum atomic E-state index is 12.1. The van der Waals surface area contributed by atoms with E-state index < -0.39 is 27.7 Å². The molecule has 30 heavy (non-hydrogen) atoms. The Morgan fingerprint density at radius 1 is 1.13 bits per heavy atom. The van der Waals surface area contributed by atoms with Crippen LogP contribution in [0.2, 0.25) is 0 Å². The summed E-state index contributed by atoms with van der Waals surface area (Å²) in [5.74, 6) is -0.516. The van der Waals surface area contributed by atoms with Crippen molar-refractivity contribution in [2.24, 2.45) is 0 Å². The second-order valence-corrected chi connectivity index (χ2v) is 9.49. The van der Waals surface area contributed by atoms with Crippen LogP contribution in [0.3, 0.4) is 0 Å². The molecule has 0 saturated heterocycles. The molecule has 2 N–H and O–H groups in total. The van der Waals surface area contributed by atoms with Gasteiger partial charge >= 0.3 is 6.09 Å². The maximum Gasteiger partial charge on any atom is 0.407 e. The van der Waals surface area contributed by atoms with Gasteiger partial charge in [0.05, 0.1) is 18.1 Å². The number of nitrogens with one attached hydrogen (secondary N) is 1. The number of ether oxygens (including phenoxy) is 2. The van der Waals surface area contributed by atoms with Crippen molar-refractivity contribution in [3.63, 3.8) is 0 Å². The molecular weight excluding hydrogens is 406 g/mol. The highest BCUT2D eigenvalue weighted by Gasteiger charge is 2.24. The Balaban J connectivity index is 2.22. The van der Waals surface area contributed by atoms with Gasteiger partial charge in [-0.15, -0.1) is 0 Å². The van der Waals surface area contributed by atoms with Crippen LogP contribution in [0.4, 0.5) is 4.79 Å². The first-order chi connectivity index (χ1) is 14.0. The van der Waals surface area contributed by atoms with Gasteiger partial charge < -0.3 is 14.8 Å². The summed E-state index contributed by atoms with van der Waals surface area (Å²) >= 11 is 0. The van der Waals surface area contributed by atoms with Crippen LogP contribution in [-0.2, 0) is 26.2 Å². The SMILES string of the molecule is Cc1ccc(S(=O)(=O)O)c(C(CNC(=O)OC(C)(C)C)COCc2ccccc2)c1. The molecule has 0 bridgehead atoms. The molecule has 2 aromatic rings. The molecule has 7 nitrogen and oxygen atoms in total. The summed E-state index contributed by atoms with van der Waals surface area (Å²) in [5, 5.41) is 2.67. The Morgan fingerprint density at radius 2 is 1.80 bits per heavy atom. The van der Waals surface area contributed by atoms with Gasteiger partial charge in [0.1, 0.15) is 5.60 Å². The molecule has 164 valence electrons. The average molecular weight is 436 g/mol. The zero-order chi connectivity index (χ0) is 22.4. The van der Waals surface area contributed by atoms with Crippen molar-refractivity contribution < 1.29 is 27.2 Å². The lowest BCUT2D eigenvalue weighted by Crippen LogP contribution is -2.36. The van der Waals surface area contributed by atoms with E-state index in [4.69, 9.17) is 9.47 Å². The van der Waals surface area contributed by atoms with Gasteiger partial charge in [0.15, 0.2) is 0 Å². The molecule has 0 heterocycles. The summed E-state index contributed by atoms with van der Waals surface area (Å²) in [6.45, 7) is 7.63. The first-order valence-electron chi connectivity index (χ1n) is 9.62. The highest BCUT2D eigenvalue weighted by Crippen LogP contribution is 2.26. The highest BCUT2D eigenvalue weighted by atomic mass is 32.2. The van der Waals surface area contributed by atoms with Gasteiger partial charge in [0, 0.05) is 12.5 Å². The van der Waals surface area contributed by atoms with Crippen LogP contribution in [0.15, 0.2) is 53.4 Å². The third kappa shape index (κ3) is 7.78. The number of alkyl carbamates (subject to hydrolysis) is 1.